The highest BCUT2D eigenvalue weighted by Gasteiger charge is 2.16. The van der Waals surface area contributed by atoms with Crippen molar-refractivity contribution in [1.29, 1.82) is 0 Å². The van der Waals surface area contributed by atoms with Crippen LogP contribution in [0.1, 0.15) is 12.5 Å². The van der Waals surface area contributed by atoms with Gasteiger partial charge in [-0.15, -0.1) is 0 Å². The largest absolute Gasteiger partial charge is 0.497 e. The molecule has 0 aliphatic carbocycles. The van der Waals surface area contributed by atoms with Gasteiger partial charge < -0.3 is 9.47 Å². The van der Waals surface area contributed by atoms with Gasteiger partial charge >= 0.3 is 0 Å². The van der Waals surface area contributed by atoms with Crippen LogP contribution in [-0.4, -0.2) is 28.2 Å². The summed E-state index contributed by atoms with van der Waals surface area (Å²) in [5, 5.41) is 0. The highest BCUT2D eigenvalue weighted by atomic mass is 32.2. The van der Waals surface area contributed by atoms with E-state index < -0.39 is 21.9 Å². The smallest absolute Gasteiger partial charge is 0.216 e. The molecule has 2 aromatic rings. The normalized spacial score (nSPS) is 12.6. The second kappa shape index (κ2) is 8.12. The number of nitrogens with one attached hydrogen (secondary N) is 1. The van der Waals surface area contributed by atoms with Gasteiger partial charge in [-0.25, -0.2) is 17.5 Å². The van der Waals surface area contributed by atoms with Gasteiger partial charge in [-0.1, -0.05) is 12.1 Å². The first kappa shape index (κ1) is 18.2. The van der Waals surface area contributed by atoms with Crippen LogP contribution in [0.15, 0.2) is 48.5 Å². The SMILES string of the molecule is COc1ccc(OC[C@H](C)NS(=O)(=O)Cc2ccc(F)cc2)cc1. The van der Waals surface area contributed by atoms with Gasteiger partial charge in [0.15, 0.2) is 0 Å². The highest BCUT2D eigenvalue weighted by molar-refractivity contribution is 7.88. The summed E-state index contributed by atoms with van der Waals surface area (Å²) in [5.41, 5.74) is 0.521. The number of ether oxygens (including phenoxy) is 2. The van der Waals surface area contributed by atoms with Crippen molar-refractivity contribution in [3.8, 4) is 11.5 Å². The second-order valence-corrected chi connectivity index (χ2v) is 7.14. The van der Waals surface area contributed by atoms with Gasteiger partial charge in [-0.2, -0.15) is 0 Å². The Labute approximate surface area is 141 Å². The molecule has 0 unspecified atom stereocenters. The van der Waals surface area contributed by atoms with Gasteiger partial charge in [0.2, 0.25) is 10.0 Å². The highest BCUT2D eigenvalue weighted by Crippen LogP contribution is 2.17. The third-order valence-corrected chi connectivity index (χ3v) is 4.68. The quantitative estimate of drug-likeness (QED) is 0.792. The minimum atomic E-state index is -3.53. The first-order valence-electron chi connectivity index (χ1n) is 7.39. The van der Waals surface area contributed by atoms with Gasteiger partial charge in [0.25, 0.3) is 0 Å². The van der Waals surface area contributed by atoms with Crippen LogP contribution < -0.4 is 14.2 Å². The van der Waals surface area contributed by atoms with Gasteiger partial charge in [0.1, 0.15) is 23.9 Å². The lowest BCUT2D eigenvalue weighted by atomic mass is 10.2. The molecule has 0 spiro atoms. The molecule has 0 heterocycles. The van der Waals surface area contributed by atoms with Crippen LogP contribution in [0.4, 0.5) is 4.39 Å². The van der Waals surface area contributed by atoms with E-state index in [2.05, 4.69) is 4.72 Å². The number of rotatable bonds is 8. The van der Waals surface area contributed by atoms with Gasteiger partial charge in [0.05, 0.1) is 18.9 Å². The molecule has 0 aliphatic rings. The van der Waals surface area contributed by atoms with Crippen molar-refractivity contribution in [1.82, 2.24) is 4.72 Å². The number of sulfonamides is 1. The van der Waals surface area contributed by atoms with Crippen molar-refractivity contribution < 1.29 is 22.3 Å². The molecule has 2 rings (SSSR count). The molecule has 0 fully saturated rings. The van der Waals surface area contributed by atoms with E-state index >= 15 is 0 Å². The summed E-state index contributed by atoms with van der Waals surface area (Å²) in [5.74, 6) is 0.737. The Hall–Kier alpha value is -2.12. The monoisotopic (exact) mass is 353 g/mol. The first-order chi connectivity index (χ1) is 11.4. The molecule has 5 nitrogen and oxygen atoms in total. The zero-order valence-electron chi connectivity index (χ0n) is 13.5. The topological polar surface area (TPSA) is 64.6 Å². The maximum atomic E-state index is 12.8. The van der Waals surface area contributed by atoms with Gasteiger partial charge in [0, 0.05) is 0 Å². The minimum Gasteiger partial charge on any atom is -0.497 e. The van der Waals surface area contributed by atoms with E-state index in [4.69, 9.17) is 9.47 Å². The standard InChI is InChI=1S/C17H20FNO4S/c1-13(11-23-17-9-7-16(22-2)8-10-17)19-24(20,21)12-14-3-5-15(18)6-4-14/h3-10,13,19H,11-12H2,1-2H3/t13-/m0/s1. The van der Waals surface area contributed by atoms with E-state index in [1.807, 2.05) is 0 Å². The number of hydrogen-bond acceptors (Lipinski definition) is 4. The third-order valence-electron chi connectivity index (χ3n) is 3.21. The van der Waals surface area contributed by atoms with Crippen molar-refractivity contribution in [2.75, 3.05) is 13.7 Å². The summed E-state index contributed by atoms with van der Waals surface area (Å²) in [6.07, 6.45) is 0. The average Bonchev–Trinajstić information content (AvgIpc) is 2.55. The van der Waals surface area contributed by atoms with Crippen LogP contribution >= 0.6 is 0 Å². The van der Waals surface area contributed by atoms with Crippen molar-refractivity contribution >= 4 is 10.0 Å². The molecule has 2 aromatic carbocycles. The lowest BCUT2D eigenvalue weighted by molar-refractivity contribution is 0.287. The van der Waals surface area contributed by atoms with Crippen LogP contribution in [0.5, 0.6) is 11.5 Å². The Bertz CT molecular complexity index is 745. The lowest BCUT2D eigenvalue weighted by Crippen LogP contribution is -2.37. The Kier molecular flexibility index (Phi) is 6.16. The van der Waals surface area contributed by atoms with Crippen molar-refractivity contribution in [3.05, 3.63) is 59.9 Å². The molecule has 130 valence electrons. The van der Waals surface area contributed by atoms with Crippen LogP contribution in [0.2, 0.25) is 0 Å². The van der Waals surface area contributed by atoms with E-state index in [-0.39, 0.29) is 12.4 Å². The van der Waals surface area contributed by atoms with Crippen LogP contribution in [0.25, 0.3) is 0 Å². The summed E-state index contributed by atoms with van der Waals surface area (Å²) < 4.78 is 50.2. The lowest BCUT2D eigenvalue weighted by Gasteiger charge is -2.15. The fraction of sp³-hybridized carbons (Fsp3) is 0.294. The molecule has 7 heteroatoms. The Morgan fingerprint density at radius 1 is 1.04 bits per heavy atom. The van der Waals surface area contributed by atoms with Crippen molar-refractivity contribution in [3.63, 3.8) is 0 Å². The van der Waals surface area contributed by atoms with E-state index in [0.29, 0.717) is 11.3 Å². The minimum absolute atomic E-state index is 0.189. The number of hydrogen-bond donors (Lipinski definition) is 1. The zero-order valence-corrected chi connectivity index (χ0v) is 14.3. The van der Waals surface area contributed by atoms with Crippen LogP contribution in [0, 0.1) is 5.82 Å². The maximum absolute atomic E-state index is 12.8. The molecular weight excluding hydrogens is 333 g/mol. The Balaban J connectivity index is 1.85. The molecule has 1 atom stereocenters. The molecule has 0 aliphatic heterocycles. The molecule has 0 radical (unpaired) electrons. The second-order valence-electron chi connectivity index (χ2n) is 5.39. The summed E-state index contributed by atoms with van der Waals surface area (Å²) in [6, 6.07) is 12.0. The number of methoxy groups -OCH3 is 1. The molecule has 0 bridgehead atoms. The predicted octanol–water partition coefficient (Wildman–Crippen LogP) is 2.72. The van der Waals surface area contributed by atoms with E-state index in [1.54, 1.807) is 38.3 Å². The molecule has 0 amide bonds. The zero-order chi connectivity index (χ0) is 17.6. The summed E-state index contributed by atoms with van der Waals surface area (Å²) in [7, 11) is -1.96. The van der Waals surface area contributed by atoms with Crippen LogP contribution in [0.3, 0.4) is 0 Å². The molecule has 0 saturated heterocycles. The van der Waals surface area contributed by atoms with Gasteiger partial charge in [-0.3, -0.25) is 0 Å². The Morgan fingerprint density at radius 2 is 1.62 bits per heavy atom. The maximum Gasteiger partial charge on any atom is 0.216 e. The number of halogens is 1. The van der Waals surface area contributed by atoms with E-state index in [0.717, 1.165) is 5.75 Å². The molecule has 0 saturated carbocycles. The Morgan fingerprint density at radius 3 is 2.21 bits per heavy atom. The number of benzene rings is 2. The van der Waals surface area contributed by atoms with E-state index in [9.17, 15) is 12.8 Å². The van der Waals surface area contributed by atoms with Crippen molar-refractivity contribution in [2.45, 2.75) is 18.7 Å². The van der Waals surface area contributed by atoms with E-state index in [1.165, 1.54) is 24.3 Å². The predicted molar refractivity (Wildman–Crippen MR) is 90.1 cm³/mol. The summed E-state index contributed by atoms with van der Waals surface area (Å²) in [4.78, 5) is 0. The molecule has 1 N–H and O–H groups in total. The summed E-state index contributed by atoms with van der Waals surface area (Å²) in [6.45, 7) is 1.90. The first-order valence-corrected chi connectivity index (χ1v) is 9.04. The fourth-order valence-corrected chi connectivity index (χ4v) is 3.47. The molecule has 24 heavy (non-hydrogen) atoms. The average molecular weight is 353 g/mol. The summed E-state index contributed by atoms with van der Waals surface area (Å²) >= 11 is 0. The van der Waals surface area contributed by atoms with Gasteiger partial charge in [-0.05, 0) is 48.9 Å². The fourth-order valence-electron chi connectivity index (χ4n) is 2.08. The molecule has 0 aromatic heterocycles. The van der Waals surface area contributed by atoms with Crippen molar-refractivity contribution in [2.24, 2.45) is 0 Å². The van der Waals surface area contributed by atoms with Crippen LogP contribution in [-0.2, 0) is 15.8 Å². The molecular formula is C17H20FNO4S. The third kappa shape index (κ3) is 5.82.